The number of rotatable bonds is 0. The van der Waals surface area contributed by atoms with E-state index in [0.717, 1.165) is 5.92 Å². The van der Waals surface area contributed by atoms with E-state index in [1.165, 1.54) is 6.42 Å². The molecule has 1 aliphatic rings. The molecule has 0 saturated carbocycles. The second-order valence-electron chi connectivity index (χ2n) is 3.74. The van der Waals surface area contributed by atoms with Gasteiger partial charge in [-0.2, -0.15) is 0 Å². The second-order valence-corrected chi connectivity index (χ2v) is 8.42. The SMILES string of the molecule is CC1CC[P+](C)(C)C1. The normalized spacial score (nSPS) is 35.6. The first kappa shape index (κ1) is 6.55. The summed E-state index contributed by atoms with van der Waals surface area (Å²) in [7, 11) is -0.349. The van der Waals surface area contributed by atoms with E-state index in [9.17, 15) is 0 Å². The van der Waals surface area contributed by atoms with E-state index in [4.69, 9.17) is 0 Å². The summed E-state index contributed by atoms with van der Waals surface area (Å²) in [6.45, 7) is 7.35. The lowest BCUT2D eigenvalue weighted by molar-refractivity contribution is 0.668. The van der Waals surface area contributed by atoms with Crippen LogP contribution in [0.5, 0.6) is 0 Å². The average Bonchev–Trinajstić information content (AvgIpc) is 1.82. The molecule has 0 N–H and O–H groups in total. The molecule has 1 unspecified atom stereocenters. The molecular weight excluding hydrogens is 115 g/mol. The molecule has 1 heteroatoms. The first-order chi connectivity index (χ1) is 3.60. The van der Waals surface area contributed by atoms with E-state index in [0.29, 0.717) is 0 Å². The summed E-state index contributed by atoms with van der Waals surface area (Å²) >= 11 is 0. The topological polar surface area (TPSA) is 0 Å². The van der Waals surface area contributed by atoms with Crippen molar-refractivity contribution < 1.29 is 0 Å². The highest BCUT2D eigenvalue weighted by Gasteiger charge is 2.34. The van der Waals surface area contributed by atoms with Crippen molar-refractivity contribution in [2.24, 2.45) is 5.92 Å². The van der Waals surface area contributed by atoms with Crippen LogP contribution < -0.4 is 0 Å². The van der Waals surface area contributed by atoms with Gasteiger partial charge in [-0.15, -0.1) is 0 Å². The van der Waals surface area contributed by atoms with Gasteiger partial charge in [0.2, 0.25) is 0 Å². The molecule has 0 aliphatic carbocycles. The molecule has 1 fully saturated rings. The number of hydrogen-bond acceptors (Lipinski definition) is 0. The summed E-state index contributed by atoms with van der Waals surface area (Å²) in [5.74, 6) is 1.04. The zero-order valence-electron chi connectivity index (χ0n) is 6.15. The van der Waals surface area contributed by atoms with Crippen LogP contribution in [-0.4, -0.2) is 25.7 Å². The molecule has 1 saturated heterocycles. The van der Waals surface area contributed by atoms with Crippen molar-refractivity contribution in [1.29, 1.82) is 0 Å². The molecule has 0 amide bonds. The fourth-order valence-corrected chi connectivity index (χ4v) is 4.79. The lowest BCUT2D eigenvalue weighted by Gasteiger charge is -2.07. The lowest BCUT2D eigenvalue weighted by atomic mass is 10.2. The van der Waals surface area contributed by atoms with Crippen LogP contribution in [0, 0.1) is 5.92 Å². The third kappa shape index (κ3) is 1.45. The number of hydrogen-bond donors (Lipinski definition) is 0. The molecule has 0 spiro atoms. The van der Waals surface area contributed by atoms with Gasteiger partial charge in [0.1, 0.15) is 0 Å². The molecule has 0 radical (unpaired) electrons. The highest BCUT2D eigenvalue weighted by atomic mass is 31.2. The van der Waals surface area contributed by atoms with E-state index in [1.807, 2.05) is 0 Å². The minimum atomic E-state index is -0.349. The van der Waals surface area contributed by atoms with Crippen molar-refractivity contribution >= 4 is 7.26 Å². The van der Waals surface area contributed by atoms with Crippen molar-refractivity contribution in [3.05, 3.63) is 0 Å². The van der Waals surface area contributed by atoms with Gasteiger partial charge in [-0.05, 0) is 12.3 Å². The van der Waals surface area contributed by atoms with Gasteiger partial charge in [0.05, 0.1) is 12.3 Å². The van der Waals surface area contributed by atoms with Gasteiger partial charge in [-0.3, -0.25) is 0 Å². The molecule has 1 atom stereocenters. The summed E-state index contributed by atoms with van der Waals surface area (Å²) in [6.07, 6.45) is 4.60. The Labute approximate surface area is 53.0 Å². The van der Waals surface area contributed by atoms with Crippen molar-refractivity contribution in [1.82, 2.24) is 0 Å². The lowest BCUT2D eigenvalue weighted by Crippen LogP contribution is -1.91. The molecule has 1 aliphatic heterocycles. The summed E-state index contributed by atoms with van der Waals surface area (Å²) < 4.78 is 0. The van der Waals surface area contributed by atoms with E-state index in [-0.39, 0.29) is 7.26 Å². The van der Waals surface area contributed by atoms with Crippen molar-refractivity contribution in [3.8, 4) is 0 Å². The Morgan fingerprint density at radius 2 is 2.00 bits per heavy atom. The average molecular weight is 131 g/mol. The predicted octanol–water partition coefficient (Wildman–Crippen LogP) is 2.30. The Hall–Kier alpha value is 0.430. The maximum absolute atomic E-state index is 2.48. The molecule has 0 aromatic carbocycles. The first-order valence-corrected chi connectivity index (χ1v) is 6.47. The van der Waals surface area contributed by atoms with Crippen LogP contribution in [0.25, 0.3) is 0 Å². The third-order valence-corrected chi connectivity index (χ3v) is 5.11. The maximum Gasteiger partial charge on any atom is 0.0615 e. The fourth-order valence-electron chi connectivity index (χ4n) is 1.60. The van der Waals surface area contributed by atoms with Crippen LogP contribution in [0.1, 0.15) is 13.3 Å². The molecule has 0 aromatic heterocycles. The van der Waals surface area contributed by atoms with E-state index < -0.39 is 0 Å². The van der Waals surface area contributed by atoms with Gasteiger partial charge in [0, 0.05) is 20.6 Å². The molecule has 1 heterocycles. The maximum atomic E-state index is 2.48. The van der Waals surface area contributed by atoms with Crippen LogP contribution in [0.15, 0.2) is 0 Å². The van der Waals surface area contributed by atoms with Gasteiger partial charge < -0.3 is 0 Å². The molecule has 0 bridgehead atoms. The summed E-state index contributed by atoms with van der Waals surface area (Å²) in [6, 6.07) is 0. The molecule has 0 nitrogen and oxygen atoms in total. The van der Waals surface area contributed by atoms with Crippen LogP contribution in [0.4, 0.5) is 0 Å². The fraction of sp³-hybridized carbons (Fsp3) is 1.00. The minimum Gasteiger partial charge on any atom is -0.0589 e. The summed E-state index contributed by atoms with van der Waals surface area (Å²) in [4.78, 5) is 0. The molecule has 8 heavy (non-hydrogen) atoms. The van der Waals surface area contributed by atoms with E-state index >= 15 is 0 Å². The smallest absolute Gasteiger partial charge is 0.0589 e. The molecule has 48 valence electrons. The van der Waals surface area contributed by atoms with Gasteiger partial charge in [-0.25, -0.2) is 0 Å². The second kappa shape index (κ2) is 1.99. The highest BCUT2D eigenvalue weighted by molar-refractivity contribution is 7.74. The van der Waals surface area contributed by atoms with Gasteiger partial charge >= 0.3 is 0 Å². The Morgan fingerprint density at radius 3 is 2.12 bits per heavy atom. The van der Waals surface area contributed by atoms with Crippen LogP contribution in [0.3, 0.4) is 0 Å². The minimum absolute atomic E-state index is 0.349. The quantitative estimate of drug-likeness (QED) is 0.442. The Morgan fingerprint density at radius 1 is 1.38 bits per heavy atom. The largest absolute Gasteiger partial charge is 0.0615 e. The Balaban J connectivity index is 2.44. The van der Waals surface area contributed by atoms with Crippen molar-refractivity contribution in [2.45, 2.75) is 13.3 Å². The monoisotopic (exact) mass is 131 g/mol. The standard InChI is InChI=1S/C7H16P/c1-7-4-5-8(2,3)6-7/h7H,4-6H2,1-3H3/q+1. The predicted molar refractivity (Wildman–Crippen MR) is 42.3 cm³/mol. The molecule has 1 rings (SSSR count). The van der Waals surface area contributed by atoms with Gasteiger partial charge in [0.15, 0.2) is 0 Å². The third-order valence-electron chi connectivity index (χ3n) is 2.03. The summed E-state index contributed by atoms with van der Waals surface area (Å²) in [5.41, 5.74) is 0. The zero-order valence-corrected chi connectivity index (χ0v) is 7.04. The van der Waals surface area contributed by atoms with Crippen LogP contribution in [0.2, 0.25) is 0 Å². The van der Waals surface area contributed by atoms with Gasteiger partial charge in [-0.1, -0.05) is 6.92 Å². The van der Waals surface area contributed by atoms with E-state index in [1.54, 1.807) is 12.3 Å². The van der Waals surface area contributed by atoms with Crippen molar-refractivity contribution in [3.63, 3.8) is 0 Å². The first-order valence-electron chi connectivity index (χ1n) is 3.42. The van der Waals surface area contributed by atoms with Crippen LogP contribution in [-0.2, 0) is 0 Å². The van der Waals surface area contributed by atoms with Crippen LogP contribution >= 0.6 is 7.26 Å². The Bertz CT molecular complexity index is 86.4. The zero-order chi connectivity index (χ0) is 6.20. The molecular formula is C7H16P+. The van der Waals surface area contributed by atoms with Crippen molar-refractivity contribution in [2.75, 3.05) is 25.7 Å². The van der Waals surface area contributed by atoms with Gasteiger partial charge in [0.25, 0.3) is 0 Å². The van der Waals surface area contributed by atoms with E-state index in [2.05, 4.69) is 20.3 Å². The summed E-state index contributed by atoms with van der Waals surface area (Å²) in [5, 5.41) is 0. The Kier molecular flexibility index (Phi) is 1.63. The highest BCUT2D eigenvalue weighted by Crippen LogP contribution is 2.58. The molecule has 0 aromatic rings.